The average Bonchev–Trinajstić information content (AvgIpc) is 3.02. The molecule has 3 atom stereocenters. The van der Waals surface area contributed by atoms with E-state index in [0.717, 1.165) is 36.3 Å². The van der Waals surface area contributed by atoms with Gasteiger partial charge in [-0.25, -0.2) is 0 Å². The van der Waals surface area contributed by atoms with Crippen LogP contribution in [0.5, 0.6) is 0 Å². The molecule has 2 saturated carbocycles. The summed E-state index contributed by atoms with van der Waals surface area (Å²) in [5.41, 5.74) is 3.18. The second-order valence-electron chi connectivity index (χ2n) is 8.94. The highest BCUT2D eigenvalue weighted by Gasteiger charge is 2.42. The van der Waals surface area contributed by atoms with E-state index < -0.39 is 6.10 Å². The number of Topliss-reactive ketones (excluding diaryl/α,β-unsaturated/α-hetero) is 2. The molecule has 1 aromatic carbocycles. The van der Waals surface area contributed by atoms with Crippen LogP contribution in [0, 0.1) is 31.6 Å². The fourth-order valence-electron chi connectivity index (χ4n) is 5.21. The number of halogens is 1. The Kier molecular flexibility index (Phi) is 6.07. The quantitative estimate of drug-likeness (QED) is 0.469. The third-order valence-corrected chi connectivity index (χ3v) is 7.08. The molecule has 2 fully saturated rings. The van der Waals surface area contributed by atoms with E-state index >= 15 is 0 Å². The normalized spacial score (nSPS) is 24.0. The molecule has 1 heterocycles. The molecule has 2 bridgehead atoms. The molecule has 0 aliphatic heterocycles. The number of ether oxygens (including phenoxy) is 1. The van der Waals surface area contributed by atoms with Gasteiger partial charge in [-0.15, -0.1) is 0 Å². The van der Waals surface area contributed by atoms with E-state index in [4.69, 9.17) is 16.3 Å². The van der Waals surface area contributed by atoms with E-state index in [2.05, 4.69) is 0 Å². The van der Waals surface area contributed by atoms with Gasteiger partial charge in [-0.2, -0.15) is 0 Å². The lowest BCUT2D eigenvalue weighted by Gasteiger charge is -2.36. The van der Waals surface area contributed by atoms with Crippen LogP contribution in [-0.2, 0) is 14.3 Å². The fourth-order valence-corrected chi connectivity index (χ4v) is 5.34. The summed E-state index contributed by atoms with van der Waals surface area (Å²) >= 11 is 6.00. The van der Waals surface area contributed by atoms with Gasteiger partial charge in [0.25, 0.3) is 0 Å². The molecule has 3 unspecified atom stereocenters. The minimum absolute atomic E-state index is 0.0191. The van der Waals surface area contributed by atoms with Crippen LogP contribution >= 0.6 is 11.6 Å². The molecule has 2 aromatic rings. The lowest BCUT2D eigenvalue weighted by molar-refractivity contribution is -0.155. The van der Waals surface area contributed by atoms with Crippen molar-refractivity contribution in [1.29, 1.82) is 0 Å². The van der Waals surface area contributed by atoms with E-state index in [1.54, 1.807) is 6.92 Å². The van der Waals surface area contributed by atoms with Crippen LogP contribution in [0.1, 0.15) is 60.8 Å². The SMILES string of the molecule is Cc1cc(C(=O)C(C)OC(=O)C2CC3CCCC(C2)C3=O)c(C)n1-c1ccc(Cl)cc1. The Morgan fingerprint density at radius 1 is 1.10 bits per heavy atom. The molecule has 0 amide bonds. The Hall–Kier alpha value is -2.40. The smallest absolute Gasteiger partial charge is 0.309 e. The van der Waals surface area contributed by atoms with Gasteiger partial charge < -0.3 is 9.30 Å². The standard InChI is InChI=1S/C25H28ClNO4/c1-14-11-22(15(2)27(14)21-9-7-20(26)8-10-21)23(28)16(3)31-25(30)19-12-17-5-4-6-18(13-19)24(17)29/h7-11,16-19H,4-6,12-13H2,1-3H3. The minimum atomic E-state index is -0.871. The maximum Gasteiger partial charge on any atom is 0.309 e. The van der Waals surface area contributed by atoms with Crippen LogP contribution < -0.4 is 0 Å². The molecule has 2 aliphatic carbocycles. The first kappa shape index (κ1) is 21.8. The first-order valence-electron chi connectivity index (χ1n) is 11.0. The highest BCUT2D eigenvalue weighted by molar-refractivity contribution is 6.30. The van der Waals surface area contributed by atoms with E-state index in [-0.39, 0.29) is 29.5 Å². The van der Waals surface area contributed by atoms with Gasteiger partial charge in [0, 0.05) is 39.5 Å². The molecule has 0 radical (unpaired) electrons. The van der Waals surface area contributed by atoms with Crippen molar-refractivity contribution in [2.45, 2.75) is 59.0 Å². The van der Waals surface area contributed by atoms with Crippen molar-refractivity contribution in [1.82, 2.24) is 4.57 Å². The Labute approximate surface area is 187 Å². The van der Waals surface area contributed by atoms with Crippen molar-refractivity contribution in [2.24, 2.45) is 17.8 Å². The van der Waals surface area contributed by atoms with Gasteiger partial charge in [0.1, 0.15) is 5.78 Å². The van der Waals surface area contributed by atoms with Gasteiger partial charge in [0.05, 0.1) is 5.92 Å². The summed E-state index contributed by atoms with van der Waals surface area (Å²) in [6, 6.07) is 9.26. The number of esters is 1. The second-order valence-corrected chi connectivity index (χ2v) is 9.37. The number of aryl methyl sites for hydroxylation is 1. The lowest BCUT2D eigenvalue weighted by atomic mass is 9.67. The highest BCUT2D eigenvalue weighted by atomic mass is 35.5. The zero-order chi connectivity index (χ0) is 22.3. The predicted molar refractivity (Wildman–Crippen MR) is 119 cm³/mol. The summed E-state index contributed by atoms with van der Waals surface area (Å²) in [4.78, 5) is 38.2. The van der Waals surface area contributed by atoms with E-state index in [0.29, 0.717) is 29.2 Å². The summed E-state index contributed by atoms with van der Waals surface area (Å²) in [6.45, 7) is 5.45. The summed E-state index contributed by atoms with van der Waals surface area (Å²) in [5, 5.41) is 0.650. The number of carbonyl (C=O) groups is 3. The molecule has 164 valence electrons. The molecule has 31 heavy (non-hydrogen) atoms. The van der Waals surface area contributed by atoms with Crippen molar-refractivity contribution < 1.29 is 19.1 Å². The second kappa shape index (κ2) is 8.62. The zero-order valence-electron chi connectivity index (χ0n) is 18.2. The monoisotopic (exact) mass is 441 g/mol. The van der Waals surface area contributed by atoms with Crippen LogP contribution in [0.2, 0.25) is 5.02 Å². The van der Waals surface area contributed by atoms with Gasteiger partial charge in [-0.05, 0) is 76.8 Å². The lowest BCUT2D eigenvalue weighted by Crippen LogP contribution is -2.40. The summed E-state index contributed by atoms with van der Waals surface area (Å²) in [6.07, 6.45) is 3.03. The number of hydrogen-bond donors (Lipinski definition) is 0. The molecular weight excluding hydrogens is 414 g/mol. The molecule has 0 saturated heterocycles. The molecule has 4 rings (SSSR count). The average molecular weight is 442 g/mol. The number of hydrogen-bond acceptors (Lipinski definition) is 4. The van der Waals surface area contributed by atoms with Gasteiger partial charge >= 0.3 is 5.97 Å². The number of aromatic nitrogens is 1. The number of carbonyl (C=O) groups excluding carboxylic acids is 3. The topological polar surface area (TPSA) is 65.4 Å². The van der Waals surface area contributed by atoms with E-state index in [9.17, 15) is 14.4 Å². The third-order valence-electron chi connectivity index (χ3n) is 6.82. The largest absolute Gasteiger partial charge is 0.454 e. The maximum absolute atomic E-state index is 13.1. The van der Waals surface area contributed by atoms with Crippen molar-refractivity contribution in [2.75, 3.05) is 0 Å². The molecule has 5 nitrogen and oxygen atoms in total. The van der Waals surface area contributed by atoms with Gasteiger partial charge in [0.2, 0.25) is 5.78 Å². The number of fused-ring (bicyclic) bond motifs is 2. The van der Waals surface area contributed by atoms with Crippen molar-refractivity contribution in [3.8, 4) is 5.69 Å². The number of benzene rings is 1. The maximum atomic E-state index is 13.1. The summed E-state index contributed by atoms with van der Waals surface area (Å²) in [7, 11) is 0. The van der Waals surface area contributed by atoms with Gasteiger partial charge in [-0.3, -0.25) is 14.4 Å². The van der Waals surface area contributed by atoms with Crippen molar-refractivity contribution in [3.05, 3.63) is 52.3 Å². The Bertz CT molecular complexity index is 1010. The van der Waals surface area contributed by atoms with Crippen molar-refractivity contribution in [3.63, 3.8) is 0 Å². The predicted octanol–water partition coefficient (Wildman–Crippen LogP) is 5.26. The van der Waals surface area contributed by atoms with Gasteiger partial charge in [-0.1, -0.05) is 18.0 Å². The number of ketones is 2. The first-order chi connectivity index (χ1) is 14.8. The van der Waals surface area contributed by atoms with Crippen LogP contribution in [0.25, 0.3) is 5.69 Å². The molecule has 1 aromatic heterocycles. The molecule has 2 aliphatic rings. The first-order valence-corrected chi connectivity index (χ1v) is 11.4. The fraction of sp³-hybridized carbons (Fsp3) is 0.480. The van der Waals surface area contributed by atoms with Crippen LogP contribution in [0.4, 0.5) is 0 Å². The van der Waals surface area contributed by atoms with Crippen LogP contribution in [-0.4, -0.2) is 28.2 Å². The molecular formula is C25H28ClNO4. The van der Waals surface area contributed by atoms with Crippen LogP contribution in [0.3, 0.4) is 0 Å². The minimum Gasteiger partial charge on any atom is -0.454 e. The van der Waals surface area contributed by atoms with Crippen molar-refractivity contribution >= 4 is 29.1 Å². The van der Waals surface area contributed by atoms with E-state index in [1.807, 2.05) is 48.7 Å². The third kappa shape index (κ3) is 4.20. The van der Waals surface area contributed by atoms with Crippen LogP contribution in [0.15, 0.2) is 30.3 Å². The number of nitrogens with zero attached hydrogens (tertiary/aromatic N) is 1. The summed E-state index contributed by atoms with van der Waals surface area (Å²) in [5.74, 6) is -0.576. The Morgan fingerprint density at radius 2 is 1.71 bits per heavy atom. The van der Waals surface area contributed by atoms with Gasteiger partial charge in [0.15, 0.2) is 6.10 Å². The molecule has 0 spiro atoms. The summed E-state index contributed by atoms with van der Waals surface area (Å²) < 4.78 is 7.60. The molecule has 6 heteroatoms. The Morgan fingerprint density at radius 3 is 2.32 bits per heavy atom. The molecule has 0 N–H and O–H groups in total. The zero-order valence-corrected chi connectivity index (χ0v) is 18.9. The highest BCUT2D eigenvalue weighted by Crippen LogP contribution is 2.40. The Balaban J connectivity index is 1.47. The number of rotatable bonds is 5. The van der Waals surface area contributed by atoms with E-state index in [1.165, 1.54) is 0 Å².